The van der Waals surface area contributed by atoms with E-state index in [4.69, 9.17) is 0 Å². The van der Waals surface area contributed by atoms with Gasteiger partial charge in [0.05, 0.1) is 18.4 Å². The van der Waals surface area contributed by atoms with Gasteiger partial charge in [0.15, 0.2) is 0 Å². The first kappa shape index (κ1) is 11.4. The molecular weight excluding hydrogens is 212 g/mol. The van der Waals surface area contributed by atoms with Crippen LogP contribution in [-0.4, -0.2) is 24.1 Å². The molecule has 0 spiro atoms. The molecule has 2 rings (SSSR count). The van der Waals surface area contributed by atoms with Crippen molar-refractivity contribution in [3.8, 4) is 0 Å². The average molecular weight is 228 g/mol. The Morgan fingerprint density at radius 3 is 2.47 bits per heavy atom. The number of hydrogen-bond donors (Lipinski definition) is 1. The molecule has 17 heavy (non-hydrogen) atoms. The molecule has 4 nitrogen and oxygen atoms in total. The molecule has 1 aromatic carbocycles. The van der Waals surface area contributed by atoms with E-state index in [9.17, 15) is 0 Å². The molecule has 0 saturated carbocycles. The smallest absolute Gasteiger partial charge is 0.0777 e. The lowest BCUT2D eigenvalue weighted by Crippen LogP contribution is -2.08. The summed E-state index contributed by atoms with van der Waals surface area (Å²) in [5.74, 6) is 0. The molecule has 0 radical (unpaired) electrons. The highest BCUT2D eigenvalue weighted by Crippen LogP contribution is 2.15. The first-order valence-electron chi connectivity index (χ1n) is 5.52. The lowest BCUT2D eigenvalue weighted by Gasteiger charge is -2.13. The Kier molecular flexibility index (Phi) is 3.55. The second kappa shape index (κ2) is 5.30. The zero-order valence-electron chi connectivity index (χ0n) is 10.1. The summed E-state index contributed by atoms with van der Waals surface area (Å²) >= 11 is 0. The fraction of sp³-hybridized carbons (Fsp3) is 0.231. The zero-order valence-corrected chi connectivity index (χ0v) is 10.1. The minimum absolute atomic E-state index is 0.690. The summed E-state index contributed by atoms with van der Waals surface area (Å²) in [4.78, 5) is 10.3. The van der Waals surface area contributed by atoms with Crippen molar-refractivity contribution < 1.29 is 0 Å². The Balaban J connectivity index is 1.96. The maximum absolute atomic E-state index is 4.21. The van der Waals surface area contributed by atoms with Gasteiger partial charge in [-0.25, -0.2) is 0 Å². The zero-order chi connectivity index (χ0) is 12.1. The highest BCUT2D eigenvalue weighted by molar-refractivity contribution is 5.54. The Morgan fingerprint density at radius 1 is 1.12 bits per heavy atom. The van der Waals surface area contributed by atoms with Crippen molar-refractivity contribution in [3.63, 3.8) is 0 Å². The van der Waals surface area contributed by atoms with Crippen LogP contribution in [0.3, 0.4) is 0 Å². The van der Waals surface area contributed by atoms with Gasteiger partial charge in [0, 0.05) is 37.9 Å². The van der Waals surface area contributed by atoms with Crippen LogP contribution in [0.5, 0.6) is 0 Å². The van der Waals surface area contributed by atoms with Crippen LogP contribution >= 0.6 is 0 Å². The fourth-order valence-corrected chi connectivity index (χ4v) is 1.49. The van der Waals surface area contributed by atoms with E-state index < -0.39 is 0 Å². The molecule has 0 saturated heterocycles. The van der Waals surface area contributed by atoms with Crippen LogP contribution in [0.15, 0.2) is 42.9 Å². The first-order chi connectivity index (χ1) is 8.25. The molecular formula is C13H16N4. The van der Waals surface area contributed by atoms with E-state index in [1.165, 1.54) is 5.69 Å². The van der Waals surface area contributed by atoms with Crippen molar-refractivity contribution in [2.45, 2.75) is 6.54 Å². The molecule has 0 fully saturated rings. The molecule has 0 aliphatic heterocycles. The summed E-state index contributed by atoms with van der Waals surface area (Å²) in [6.07, 6.45) is 5.14. The lowest BCUT2D eigenvalue weighted by molar-refractivity contribution is 1.01. The average Bonchev–Trinajstić information content (AvgIpc) is 2.38. The largest absolute Gasteiger partial charge is 0.379 e. The molecule has 0 amide bonds. The minimum atomic E-state index is 0.690. The third-order valence-corrected chi connectivity index (χ3v) is 2.47. The van der Waals surface area contributed by atoms with Crippen LogP contribution in [0.4, 0.5) is 11.4 Å². The van der Waals surface area contributed by atoms with Gasteiger partial charge in [-0.15, -0.1) is 0 Å². The molecule has 1 heterocycles. The second-order valence-electron chi connectivity index (χ2n) is 3.99. The lowest BCUT2D eigenvalue weighted by atomic mass is 10.2. The van der Waals surface area contributed by atoms with E-state index in [0.717, 1.165) is 11.4 Å². The van der Waals surface area contributed by atoms with Gasteiger partial charge in [-0.2, -0.15) is 0 Å². The van der Waals surface area contributed by atoms with E-state index in [-0.39, 0.29) is 0 Å². The van der Waals surface area contributed by atoms with Crippen LogP contribution in [0.2, 0.25) is 0 Å². The molecule has 0 bridgehead atoms. The molecule has 2 aromatic rings. The van der Waals surface area contributed by atoms with Crippen molar-refractivity contribution in [1.82, 2.24) is 9.97 Å². The molecule has 4 heteroatoms. The Labute approximate surface area is 101 Å². The number of anilines is 2. The molecule has 0 aliphatic carbocycles. The van der Waals surface area contributed by atoms with Crippen molar-refractivity contribution in [1.29, 1.82) is 0 Å². The number of rotatable bonds is 4. The number of nitrogens with one attached hydrogen (secondary N) is 1. The summed E-state index contributed by atoms with van der Waals surface area (Å²) in [6, 6.07) is 8.29. The second-order valence-corrected chi connectivity index (χ2v) is 3.99. The highest BCUT2D eigenvalue weighted by atomic mass is 15.1. The molecule has 0 aliphatic rings. The van der Waals surface area contributed by atoms with E-state index in [0.29, 0.717) is 6.54 Å². The molecule has 0 unspecified atom stereocenters. The quantitative estimate of drug-likeness (QED) is 0.870. The summed E-state index contributed by atoms with van der Waals surface area (Å²) in [7, 11) is 4.06. The predicted molar refractivity (Wildman–Crippen MR) is 70.1 cm³/mol. The summed E-state index contributed by atoms with van der Waals surface area (Å²) in [5, 5.41) is 3.31. The summed E-state index contributed by atoms with van der Waals surface area (Å²) in [5.41, 5.74) is 3.21. The molecule has 1 N–H and O–H groups in total. The maximum atomic E-state index is 4.21. The summed E-state index contributed by atoms with van der Waals surface area (Å²) < 4.78 is 0. The molecule has 1 aromatic heterocycles. The number of nitrogens with zero attached hydrogens (tertiary/aromatic N) is 3. The summed E-state index contributed by atoms with van der Waals surface area (Å²) in [6.45, 7) is 0.690. The topological polar surface area (TPSA) is 41.0 Å². The highest BCUT2D eigenvalue weighted by Gasteiger charge is 1.97. The van der Waals surface area contributed by atoms with Gasteiger partial charge in [-0.05, 0) is 24.3 Å². The fourth-order valence-electron chi connectivity index (χ4n) is 1.49. The van der Waals surface area contributed by atoms with Crippen molar-refractivity contribution in [2.24, 2.45) is 0 Å². The SMILES string of the molecule is CN(C)c1ccc(NCc2cnccn2)cc1. The van der Waals surface area contributed by atoms with Gasteiger partial charge in [0.2, 0.25) is 0 Å². The van der Waals surface area contributed by atoms with E-state index >= 15 is 0 Å². The van der Waals surface area contributed by atoms with Gasteiger partial charge in [-0.3, -0.25) is 9.97 Å². The van der Waals surface area contributed by atoms with E-state index in [1.807, 2.05) is 14.1 Å². The number of aromatic nitrogens is 2. The van der Waals surface area contributed by atoms with Gasteiger partial charge in [0.1, 0.15) is 0 Å². The molecule has 88 valence electrons. The van der Waals surface area contributed by atoms with Gasteiger partial charge < -0.3 is 10.2 Å². The van der Waals surface area contributed by atoms with Crippen molar-refractivity contribution in [3.05, 3.63) is 48.5 Å². The van der Waals surface area contributed by atoms with Gasteiger partial charge >= 0.3 is 0 Å². The van der Waals surface area contributed by atoms with Crippen LogP contribution in [0.25, 0.3) is 0 Å². The van der Waals surface area contributed by atoms with Gasteiger partial charge in [0.25, 0.3) is 0 Å². The van der Waals surface area contributed by atoms with Crippen molar-refractivity contribution >= 4 is 11.4 Å². The van der Waals surface area contributed by atoms with Gasteiger partial charge in [-0.1, -0.05) is 0 Å². The van der Waals surface area contributed by atoms with E-state index in [2.05, 4.69) is 44.5 Å². The number of benzene rings is 1. The Hall–Kier alpha value is -2.10. The van der Waals surface area contributed by atoms with Crippen LogP contribution in [0.1, 0.15) is 5.69 Å². The third kappa shape index (κ3) is 3.17. The van der Waals surface area contributed by atoms with E-state index in [1.54, 1.807) is 18.6 Å². The Morgan fingerprint density at radius 2 is 1.88 bits per heavy atom. The monoisotopic (exact) mass is 228 g/mol. The standard InChI is InChI=1S/C13H16N4/c1-17(2)13-5-3-11(4-6-13)16-10-12-9-14-7-8-15-12/h3-9,16H,10H2,1-2H3. The first-order valence-corrected chi connectivity index (χ1v) is 5.52. The Bertz CT molecular complexity index is 451. The predicted octanol–water partition coefficient (Wildman–Crippen LogP) is 2.15. The van der Waals surface area contributed by atoms with Crippen LogP contribution in [0, 0.1) is 0 Å². The normalized spacial score (nSPS) is 10.0. The van der Waals surface area contributed by atoms with Crippen molar-refractivity contribution in [2.75, 3.05) is 24.3 Å². The third-order valence-electron chi connectivity index (χ3n) is 2.47. The minimum Gasteiger partial charge on any atom is -0.379 e. The molecule has 0 atom stereocenters. The maximum Gasteiger partial charge on any atom is 0.0777 e. The number of hydrogen-bond acceptors (Lipinski definition) is 4. The van der Waals surface area contributed by atoms with Crippen LogP contribution in [-0.2, 0) is 6.54 Å². The van der Waals surface area contributed by atoms with Crippen LogP contribution < -0.4 is 10.2 Å².